The Morgan fingerprint density at radius 2 is 2.00 bits per heavy atom. The maximum Gasteiger partial charge on any atom is 0.321 e. The van der Waals surface area contributed by atoms with E-state index in [1.54, 1.807) is 0 Å². The molecule has 19 heavy (non-hydrogen) atoms. The Kier molecular flexibility index (Phi) is 4.60. The zero-order valence-corrected chi connectivity index (χ0v) is 11.1. The van der Waals surface area contributed by atoms with Gasteiger partial charge in [-0.3, -0.25) is 9.59 Å². The first kappa shape index (κ1) is 15.1. The monoisotopic (exact) mass is 289 g/mol. The van der Waals surface area contributed by atoms with Crippen molar-refractivity contribution < 1.29 is 27.1 Å². The van der Waals surface area contributed by atoms with Crippen molar-refractivity contribution in [3.63, 3.8) is 0 Å². The second kappa shape index (κ2) is 5.79. The fourth-order valence-electron chi connectivity index (χ4n) is 1.33. The molecule has 0 heterocycles. The van der Waals surface area contributed by atoms with E-state index in [2.05, 4.69) is 10.1 Å². The van der Waals surface area contributed by atoms with Crippen LogP contribution in [0.5, 0.6) is 0 Å². The summed E-state index contributed by atoms with van der Waals surface area (Å²) in [7, 11) is -3.07. The Balaban J connectivity index is 3.08. The van der Waals surface area contributed by atoms with Crippen molar-refractivity contribution in [2.24, 2.45) is 0 Å². The van der Waals surface area contributed by atoms with E-state index >= 15 is 0 Å². The third-order valence-corrected chi connectivity index (χ3v) is 3.74. The summed E-state index contributed by atoms with van der Waals surface area (Å²) in [6.45, 7) is 1.24. The minimum Gasteiger partial charge on any atom is -0.468 e. The molecule has 0 aliphatic carbocycles. The summed E-state index contributed by atoms with van der Waals surface area (Å²) in [6.07, 6.45) is 0. The van der Waals surface area contributed by atoms with Crippen LogP contribution < -0.4 is 5.32 Å². The third kappa shape index (κ3) is 4.02. The van der Waals surface area contributed by atoms with Crippen molar-refractivity contribution in [3.05, 3.63) is 24.0 Å². The minimum atomic E-state index is -4.11. The number of halogens is 1. The van der Waals surface area contributed by atoms with Crippen molar-refractivity contribution in [2.45, 2.75) is 11.8 Å². The number of methoxy groups -OCH3 is 1. The van der Waals surface area contributed by atoms with Crippen LogP contribution >= 0.6 is 0 Å². The zero-order chi connectivity index (χ0) is 14.6. The van der Waals surface area contributed by atoms with Gasteiger partial charge in [-0.2, -0.15) is 0 Å². The molecule has 0 unspecified atom stereocenters. The van der Waals surface area contributed by atoms with Gasteiger partial charge in [-0.25, -0.2) is 12.8 Å². The lowest BCUT2D eigenvalue weighted by Gasteiger charge is -2.07. The van der Waals surface area contributed by atoms with E-state index in [1.807, 2.05) is 0 Å². The second-order valence-electron chi connectivity index (χ2n) is 3.66. The predicted molar refractivity (Wildman–Crippen MR) is 64.8 cm³/mol. The Labute approximate surface area is 109 Å². The van der Waals surface area contributed by atoms with Crippen LogP contribution in [0.25, 0.3) is 0 Å². The number of carbonyl (C=O) groups excluding carboxylic acids is 2. The molecule has 0 spiro atoms. The molecule has 0 saturated carbocycles. The van der Waals surface area contributed by atoms with Gasteiger partial charge < -0.3 is 10.1 Å². The summed E-state index contributed by atoms with van der Waals surface area (Å²) >= 11 is 0. The van der Waals surface area contributed by atoms with Crippen LogP contribution in [0.4, 0.5) is 10.1 Å². The van der Waals surface area contributed by atoms with E-state index in [-0.39, 0.29) is 5.69 Å². The van der Waals surface area contributed by atoms with Crippen molar-refractivity contribution in [3.8, 4) is 0 Å². The summed E-state index contributed by atoms with van der Waals surface area (Å²) in [4.78, 5) is 21.1. The molecule has 1 rings (SSSR count). The molecule has 0 atom stereocenters. The number of esters is 1. The maximum absolute atomic E-state index is 13.7. The highest BCUT2D eigenvalue weighted by Gasteiger charge is 2.23. The molecule has 6 nitrogen and oxygen atoms in total. The fourth-order valence-corrected chi connectivity index (χ4v) is 2.54. The molecule has 0 aromatic heterocycles. The third-order valence-electron chi connectivity index (χ3n) is 2.12. The van der Waals surface area contributed by atoms with Gasteiger partial charge in [0, 0.05) is 12.6 Å². The molecular formula is C11H12FNO5S. The van der Waals surface area contributed by atoms with Gasteiger partial charge in [-0.05, 0) is 18.2 Å². The molecule has 8 heteroatoms. The molecule has 0 aliphatic rings. The van der Waals surface area contributed by atoms with Crippen LogP contribution in [0, 0.1) is 5.82 Å². The largest absolute Gasteiger partial charge is 0.468 e. The summed E-state index contributed by atoms with van der Waals surface area (Å²) in [5.41, 5.74) is 0.127. The van der Waals surface area contributed by atoms with E-state index in [9.17, 15) is 22.4 Å². The number of hydrogen-bond donors (Lipinski definition) is 1. The van der Waals surface area contributed by atoms with E-state index in [4.69, 9.17) is 0 Å². The Bertz CT molecular complexity index is 612. The molecule has 1 aromatic rings. The predicted octanol–water partition coefficient (Wildman–Crippen LogP) is 0.731. The number of hydrogen-bond acceptors (Lipinski definition) is 5. The van der Waals surface area contributed by atoms with Crippen LogP contribution in [0.1, 0.15) is 6.92 Å². The molecular weight excluding hydrogens is 277 g/mol. The Morgan fingerprint density at radius 3 is 2.47 bits per heavy atom. The lowest BCUT2D eigenvalue weighted by Crippen LogP contribution is -2.18. The van der Waals surface area contributed by atoms with E-state index in [1.165, 1.54) is 13.0 Å². The molecule has 1 aromatic carbocycles. The average molecular weight is 289 g/mol. The number of ether oxygens (including phenoxy) is 1. The molecule has 0 radical (unpaired) electrons. The average Bonchev–Trinajstić information content (AvgIpc) is 2.26. The molecule has 1 amide bonds. The van der Waals surface area contributed by atoms with Crippen molar-refractivity contribution in [2.75, 3.05) is 18.2 Å². The topological polar surface area (TPSA) is 89.5 Å². The highest BCUT2D eigenvalue weighted by atomic mass is 32.2. The standard InChI is InChI=1S/C11H12FNO5S/c1-7(14)13-8-3-4-10(9(12)5-8)19(16,17)6-11(15)18-2/h3-5H,6H2,1-2H3,(H,13,14). The number of carbonyl (C=O) groups is 2. The summed E-state index contributed by atoms with van der Waals surface area (Å²) in [6, 6.07) is 3.08. The van der Waals surface area contributed by atoms with E-state index in [0.29, 0.717) is 0 Å². The summed E-state index contributed by atoms with van der Waals surface area (Å²) in [5.74, 6) is -3.38. The van der Waals surface area contributed by atoms with Gasteiger partial charge in [0.05, 0.1) is 7.11 Å². The normalized spacial score (nSPS) is 10.9. The number of anilines is 1. The van der Waals surface area contributed by atoms with Crippen LogP contribution in [-0.4, -0.2) is 33.2 Å². The molecule has 0 bridgehead atoms. The second-order valence-corrected chi connectivity index (χ2v) is 5.62. The van der Waals surface area contributed by atoms with Gasteiger partial charge in [0.1, 0.15) is 10.7 Å². The van der Waals surface area contributed by atoms with Gasteiger partial charge >= 0.3 is 5.97 Å². The maximum atomic E-state index is 13.7. The van der Waals surface area contributed by atoms with Crippen molar-refractivity contribution >= 4 is 27.4 Å². The smallest absolute Gasteiger partial charge is 0.321 e. The zero-order valence-electron chi connectivity index (χ0n) is 10.3. The molecule has 104 valence electrons. The first-order chi connectivity index (χ1) is 8.76. The van der Waals surface area contributed by atoms with Crippen molar-refractivity contribution in [1.29, 1.82) is 0 Å². The van der Waals surface area contributed by atoms with Crippen molar-refractivity contribution in [1.82, 2.24) is 0 Å². The lowest BCUT2D eigenvalue weighted by molar-refractivity contribution is -0.137. The van der Waals surface area contributed by atoms with Crippen LogP contribution in [0.2, 0.25) is 0 Å². The van der Waals surface area contributed by atoms with Gasteiger partial charge in [-0.1, -0.05) is 0 Å². The van der Waals surface area contributed by atoms with Crippen LogP contribution in [0.15, 0.2) is 23.1 Å². The van der Waals surface area contributed by atoms with E-state index in [0.717, 1.165) is 19.2 Å². The Morgan fingerprint density at radius 1 is 1.37 bits per heavy atom. The number of sulfone groups is 1. The minimum absolute atomic E-state index is 0.127. The Hall–Kier alpha value is -1.96. The summed E-state index contributed by atoms with van der Waals surface area (Å²) < 4.78 is 41.3. The number of amides is 1. The number of benzene rings is 1. The van der Waals surface area contributed by atoms with Gasteiger partial charge in [0.2, 0.25) is 5.91 Å². The number of rotatable bonds is 4. The molecule has 1 N–H and O–H groups in total. The fraction of sp³-hybridized carbons (Fsp3) is 0.273. The first-order valence-corrected chi connectivity index (χ1v) is 6.78. The van der Waals surface area contributed by atoms with Gasteiger partial charge in [0.25, 0.3) is 0 Å². The molecule has 0 fully saturated rings. The lowest BCUT2D eigenvalue weighted by atomic mass is 10.3. The van der Waals surface area contributed by atoms with Crippen LogP contribution in [0.3, 0.4) is 0 Å². The molecule has 0 aliphatic heterocycles. The summed E-state index contributed by atoms with van der Waals surface area (Å²) in [5, 5.41) is 2.31. The van der Waals surface area contributed by atoms with Gasteiger partial charge in [-0.15, -0.1) is 0 Å². The quantitative estimate of drug-likeness (QED) is 0.825. The van der Waals surface area contributed by atoms with Gasteiger partial charge in [0.15, 0.2) is 15.6 Å². The molecule has 0 saturated heterocycles. The highest BCUT2D eigenvalue weighted by molar-refractivity contribution is 7.92. The van der Waals surface area contributed by atoms with E-state index < -0.39 is 38.2 Å². The van der Waals surface area contributed by atoms with Crippen LogP contribution in [-0.2, 0) is 24.2 Å². The highest BCUT2D eigenvalue weighted by Crippen LogP contribution is 2.20. The number of nitrogens with one attached hydrogen (secondary N) is 1. The first-order valence-electron chi connectivity index (χ1n) is 5.13. The SMILES string of the molecule is COC(=O)CS(=O)(=O)c1ccc(NC(C)=O)cc1F.